The van der Waals surface area contributed by atoms with Crippen molar-refractivity contribution in [3.05, 3.63) is 22.2 Å². The number of hydrogen-bond donors (Lipinski definition) is 3. The number of aromatic nitrogens is 2. The van der Waals surface area contributed by atoms with Crippen LogP contribution in [0, 0.1) is 50.2 Å². The molecule has 0 bridgehead atoms. The molecule has 9 heteroatoms. The lowest BCUT2D eigenvalue weighted by Crippen LogP contribution is -2.67. The van der Waals surface area contributed by atoms with Crippen molar-refractivity contribution in [1.82, 2.24) is 15.6 Å². The van der Waals surface area contributed by atoms with Gasteiger partial charge < -0.3 is 4.74 Å². The molecular weight excluding hydrogens is 522 g/mol. The number of ether oxygens (including phenoxy) is 1. The molecule has 0 aromatic carbocycles. The van der Waals surface area contributed by atoms with Gasteiger partial charge in [-0.25, -0.2) is 15.3 Å². The van der Waals surface area contributed by atoms with E-state index in [2.05, 4.69) is 56.2 Å². The number of aromatic amines is 1. The fourth-order valence-corrected chi connectivity index (χ4v) is 11.1. The maximum absolute atomic E-state index is 14.5. The van der Waals surface area contributed by atoms with Crippen LogP contribution in [-0.2, 0) is 9.59 Å². The van der Waals surface area contributed by atoms with Crippen LogP contribution in [0.15, 0.2) is 21.0 Å². The van der Waals surface area contributed by atoms with E-state index in [1.807, 2.05) is 18.5 Å². The molecule has 4 saturated carbocycles. The highest BCUT2D eigenvalue weighted by atomic mass is 16.6. The zero-order valence-corrected chi connectivity index (χ0v) is 25.7. The Morgan fingerprint density at radius 1 is 1.02 bits per heavy atom. The molecule has 5 aliphatic rings. The highest BCUT2D eigenvalue weighted by Gasteiger charge is 2.70. The van der Waals surface area contributed by atoms with Crippen LogP contribution in [0.5, 0.6) is 6.01 Å². The summed E-state index contributed by atoms with van der Waals surface area (Å²) in [7, 11) is 0. The van der Waals surface area contributed by atoms with E-state index in [0.29, 0.717) is 6.42 Å². The second-order valence-electron chi connectivity index (χ2n) is 16.1. The van der Waals surface area contributed by atoms with E-state index in [0.717, 1.165) is 51.4 Å². The summed E-state index contributed by atoms with van der Waals surface area (Å²) in [5.41, 5.74) is 1.78. The van der Waals surface area contributed by atoms with Crippen LogP contribution in [0.3, 0.4) is 0 Å². The molecule has 5 aliphatic carbocycles. The van der Waals surface area contributed by atoms with Crippen molar-refractivity contribution in [2.24, 2.45) is 50.2 Å². The van der Waals surface area contributed by atoms with Crippen molar-refractivity contribution in [2.75, 3.05) is 0 Å². The van der Waals surface area contributed by atoms with Gasteiger partial charge in [-0.15, -0.1) is 0 Å². The number of hydroxylamine groups is 1. The van der Waals surface area contributed by atoms with Crippen molar-refractivity contribution < 1.29 is 24.1 Å². The lowest BCUT2D eigenvalue weighted by molar-refractivity contribution is -0.199. The fraction of sp³-hybridized carbons (Fsp3) is 0.812. The minimum atomic E-state index is -0.654. The van der Waals surface area contributed by atoms with Gasteiger partial charge in [0.05, 0.1) is 0 Å². The molecule has 9 nitrogen and oxygen atoms in total. The van der Waals surface area contributed by atoms with Crippen LogP contribution in [0.4, 0.5) is 0 Å². The summed E-state index contributed by atoms with van der Waals surface area (Å²) in [5, 5.41) is 13.3. The third-order valence-corrected chi connectivity index (χ3v) is 13.8. The topological polar surface area (TPSA) is 135 Å². The van der Waals surface area contributed by atoms with Gasteiger partial charge in [0, 0.05) is 16.7 Å². The van der Waals surface area contributed by atoms with E-state index in [1.165, 1.54) is 5.57 Å². The Balaban J connectivity index is 1.37. The minimum Gasteiger partial charge on any atom is -0.459 e. The van der Waals surface area contributed by atoms with Gasteiger partial charge >= 0.3 is 11.8 Å². The molecule has 0 aliphatic heterocycles. The van der Waals surface area contributed by atoms with Crippen molar-refractivity contribution in [3.63, 3.8) is 0 Å². The monoisotopic (exact) mass is 569 g/mol. The Labute approximate surface area is 242 Å². The van der Waals surface area contributed by atoms with Gasteiger partial charge in [0.15, 0.2) is 5.78 Å². The number of H-pyrrole nitrogens is 1. The maximum atomic E-state index is 14.5. The summed E-state index contributed by atoms with van der Waals surface area (Å²) in [6, 6.07) is 0.116. The zero-order valence-electron chi connectivity index (χ0n) is 25.7. The number of allylic oxidation sites excluding steroid dienone is 2. The van der Waals surface area contributed by atoms with Gasteiger partial charge in [0.25, 0.3) is 0 Å². The summed E-state index contributed by atoms with van der Waals surface area (Å²) in [6.07, 6.45) is 9.86. The van der Waals surface area contributed by atoms with Crippen molar-refractivity contribution >= 4 is 11.7 Å². The average molecular weight is 570 g/mol. The van der Waals surface area contributed by atoms with Gasteiger partial charge in [-0.1, -0.05) is 54.0 Å². The smallest absolute Gasteiger partial charge is 0.441 e. The number of nitrogens with one attached hydrogen (secondary N) is 2. The summed E-state index contributed by atoms with van der Waals surface area (Å²) in [5.74, 6) is -0.416. The van der Waals surface area contributed by atoms with Gasteiger partial charge in [-0.2, -0.15) is 0 Å². The predicted octanol–water partition coefficient (Wildman–Crippen LogP) is 5.60. The molecule has 1 aromatic heterocycles. The first-order valence-electron chi connectivity index (χ1n) is 15.5. The number of carbonyl (C=O) groups excluding carboxylic acids is 2. The Morgan fingerprint density at radius 3 is 2.39 bits per heavy atom. The number of nitrogens with zero attached hydrogens (tertiary/aromatic N) is 1. The Hall–Kier alpha value is -2.42. The SMILES string of the molecule is CC1(C)[C@@H](Oc2noc(=O)[nH]2)CC[C@]2(C)[C@H]3C(=O)C=C4[C@@H]5C[C@@](C)(C(=O)NO)CC[C@]5(C)CC[C@@]4(C)[C@]3(C)CC[C@@H]12. The van der Waals surface area contributed by atoms with Crippen molar-refractivity contribution in [2.45, 2.75) is 112 Å². The zero-order chi connectivity index (χ0) is 29.8. The summed E-state index contributed by atoms with van der Waals surface area (Å²) in [4.78, 5) is 41.3. The molecule has 3 N–H and O–H groups in total. The van der Waals surface area contributed by atoms with Crippen LogP contribution in [0.1, 0.15) is 106 Å². The van der Waals surface area contributed by atoms with E-state index >= 15 is 0 Å². The third-order valence-electron chi connectivity index (χ3n) is 13.8. The molecule has 0 saturated heterocycles. The molecular formula is C32H47N3O6. The average Bonchev–Trinajstić information content (AvgIpc) is 3.32. The molecule has 0 radical (unpaired) electrons. The van der Waals surface area contributed by atoms with Gasteiger partial charge in [-0.3, -0.25) is 19.3 Å². The lowest BCUT2D eigenvalue weighted by atomic mass is 9.33. The summed E-state index contributed by atoms with van der Waals surface area (Å²) < 4.78 is 10.9. The third kappa shape index (κ3) is 3.75. The van der Waals surface area contributed by atoms with Crippen molar-refractivity contribution in [3.8, 4) is 6.01 Å². The second-order valence-corrected chi connectivity index (χ2v) is 16.1. The highest BCUT2D eigenvalue weighted by Crippen LogP contribution is 2.75. The number of fused-ring (bicyclic) bond motifs is 7. The number of amides is 1. The molecule has 1 amide bonds. The van der Waals surface area contributed by atoms with Crippen LogP contribution >= 0.6 is 0 Å². The molecule has 9 atom stereocenters. The predicted molar refractivity (Wildman–Crippen MR) is 151 cm³/mol. The molecule has 1 heterocycles. The Kier molecular flexibility index (Phi) is 6.16. The van der Waals surface area contributed by atoms with E-state index in [1.54, 1.807) is 0 Å². The quantitative estimate of drug-likeness (QED) is 0.319. The number of rotatable bonds is 3. The summed E-state index contributed by atoms with van der Waals surface area (Å²) >= 11 is 0. The second kappa shape index (κ2) is 8.80. The van der Waals surface area contributed by atoms with E-state index in [4.69, 9.17) is 4.74 Å². The van der Waals surface area contributed by atoms with Gasteiger partial charge in [0.1, 0.15) is 6.10 Å². The highest BCUT2D eigenvalue weighted by molar-refractivity contribution is 5.95. The fourth-order valence-electron chi connectivity index (χ4n) is 11.1. The molecule has 1 aromatic rings. The van der Waals surface area contributed by atoms with E-state index in [-0.39, 0.29) is 68.6 Å². The number of hydrogen-bond acceptors (Lipinski definition) is 7. The van der Waals surface area contributed by atoms with Gasteiger partial charge in [0.2, 0.25) is 5.91 Å². The lowest BCUT2D eigenvalue weighted by Gasteiger charge is -2.70. The van der Waals surface area contributed by atoms with Gasteiger partial charge in [-0.05, 0) is 103 Å². The van der Waals surface area contributed by atoms with Crippen molar-refractivity contribution in [1.29, 1.82) is 0 Å². The molecule has 41 heavy (non-hydrogen) atoms. The Morgan fingerprint density at radius 2 is 1.73 bits per heavy atom. The van der Waals surface area contributed by atoms with E-state index in [9.17, 15) is 19.6 Å². The number of carbonyl (C=O) groups is 2. The minimum absolute atomic E-state index is 0.0463. The normalized spacial score (nSPS) is 46.7. The molecule has 4 fully saturated rings. The number of ketones is 1. The molecule has 0 unspecified atom stereocenters. The van der Waals surface area contributed by atoms with Crippen LogP contribution < -0.4 is 16.0 Å². The summed E-state index contributed by atoms with van der Waals surface area (Å²) in [6.45, 7) is 15.9. The first kappa shape index (κ1) is 28.7. The standard InChI is InChI=1S/C32H47N3O6/c1-27(2)21-8-11-32(7)23(30(21,5)10-9-22(27)40-25-33-26(38)41-35-25)20(36)16-18-19-17-29(4,24(37)34-39)13-12-28(19,3)14-15-31(18,32)6/h16,19,21-23,39H,8-15,17H2,1-7H3,(H,34,37)(H,33,35,38)/t19-,21-,22-,23+,28+,29-,30-,31+,32+/m0/s1. The van der Waals surface area contributed by atoms with Crippen LogP contribution in [-0.4, -0.2) is 33.1 Å². The Bertz CT molecular complexity index is 1360. The van der Waals surface area contributed by atoms with Crippen LogP contribution in [0.2, 0.25) is 0 Å². The largest absolute Gasteiger partial charge is 0.459 e. The maximum Gasteiger partial charge on any atom is 0.441 e. The molecule has 0 spiro atoms. The first-order valence-corrected chi connectivity index (χ1v) is 15.5. The molecule has 226 valence electrons. The first-order chi connectivity index (χ1) is 19.0. The molecule has 6 rings (SSSR count). The van der Waals surface area contributed by atoms with E-state index < -0.39 is 11.2 Å². The van der Waals surface area contributed by atoms with Crippen LogP contribution in [0.25, 0.3) is 0 Å².